The molecule has 2 aliphatic heterocycles. The number of likely N-dealkylation sites (tertiary alicyclic amines) is 1. The highest BCUT2D eigenvalue weighted by atomic mass is 16.5. The molecular formula is C25H34N4O3. The lowest BCUT2D eigenvalue weighted by Gasteiger charge is -2.35. The van der Waals surface area contributed by atoms with Crippen LogP contribution in [0.5, 0.6) is 0 Å². The number of nitrogens with zero attached hydrogens (tertiary/aromatic N) is 4. The quantitative estimate of drug-likeness (QED) is 0.687. The Bertz CT molecular complexity index is 1090. The second kappa shape index (κ2) is 8.60. The van der Waals surface area contributed by atoms with Gasteiger partial charge in [0, 0.05) is 26.2 Å². The van der Waals surface area contributed by atoms with Crippen LogP contribution in [-0.4, -0.2) is 37.9 Å². The molecule has 1 spiro atoms. The molecule has 1 aliphatic carbocycles. The molecule has 0 N–H and O–H groups in total. The Balaban J connectivity index is 1.31. The van der Waals surface area contributed by atoms with E-state index in [2.05, 4.69) is 42.0 Å². The van der Waals surface area contributed by atoms with Gasteiger partial charge in [-0.25, -0.2) is 4.68 Å². The molecule has 172 valence electrons. The predicted molar refractivity (Wildman–Crippen MR) is 123 cm³/mol. The first-order chi connectivity index (χ1) is 15.4. The fourth-order valence-corrected chi connectivity index (χ4v) is 5.87. The first-order valence-electron chi connectivity index (χ1n) is 12.1. The molecule has 7 nitrogen and oxygen atoms in total. The lowest BCUT2D eigenvalue weighted by atomic mass is 9.89. The Morgan fingerprint density at radius 2 is 1.78 bits per heavy atom. The molecule has 2 fully saturated rings. The van der Waals surface area contributed by atoms with E-state index in [1.165, 1.54) is 40.6 Å². The summed E-state index contributed by atoms with van der Waals surface area (Å²) < 4.78 is 9.32. The molecule has 0 unspecified atom stereocenters. The second-order valence-electron chi connectivity index (χ2n) is 10.2. The van der Waals surface area contributed by atoms with Crippen LogP contribution in [0.3, 0.4) is 0 Å². The lowest BCUT2D eigenvalue weighted by molar-refractivity contribution is -0.0860. The van der Waals surface area contributed by atoms with E-state index in [4.69, 9.17) is 4.74 Å². The third-order valence-electron chi connectivity index (χ3n) is 7.40. The minimum absolute atomic E-state index is 0.289. The van der Waals surface area contributed by atoms with E-state index in [0.29, 0.717) is 24.8 Å². The molecule has 32 heavy (non-hydrogen) atoms. The van der Waals surface area contributed by atoms with E-state index in [9.17, 15) is 9.59 Å². The maximum Gasteiger partial charge on any atom is 0.332 e. The minimum Gasteiger partial charge on any atom is -0.364 e. The number of fused-ring (bicyclic) bond motifs is 1. The smallest absolute Gasteiger partial charge is 0.332 e. The summed E-state index contributed by atoms with van der Waals surface area (Å²) >= 11 is 0. The second-order valence-corrected chi connectivity index (χ2v) is 10.2. The van der Waals surface area contributed by atoms with Crippen LogP contribution in [0.1, 0.15) is 61.0 Å². The number of rotatable bonds is 4. The molecule has 0 bridgehead atoms. The van der Waals surface area contributed by atoms with Gasteiger partial charge in [-0.15, -0.1) is 0 Å². The van der Waals surface area contributed by atoms with E-state index in [1.54, 1.807) is 4.57 Å². The van der Waals surface area contributed by atoms with E-state index >= 15 is 0 Å². The zero-order valence-electron chi connectivity index (χ0n) is 19.3. The molecule has 0 amide bonds. The lowest BCUT2D eigenvalue weighted by Crippen LogP contribution is -2.53. The van der Waals surface area contributed by atoms with Crippen LogP contribution >= 0.6 is 0 Å². The average molecular weight is 439 g/mol. The van der Waals surface area contributed by atoms with Crippen molar-refractivity contribution < 1.29 is 4.74 Å². The largest absolute Gasteiger partial charge is 0.364 e. The molecule has 3 heterocycles. The molecule has 1 saturated heterocycles. The fourth-order valence-electron chi connectivity index (χ4n) is 5.87. The standard InChI is InChI=1S/C25H34N4O3/c1-18-10-19(2)12-21(11-18)13-27-9-8-25(16-27)17-28-22(15-32-25)26-29(24(31)23(28)30)14-20-6-4-3-5-7-20/h10-12,20H,3-9,13-17H2,1-2H3/t25-/m0/s1. The SMILES string of the molecule is Cc1cc(C)cc(CN2CC[C@]3(C2)Cn2c(nn(CC4CCCCC4)c(=O)c2=O)CO3)c1. The molecule has 7 heteroatoms. The van der Waals surface area contributed by atoms with Gasteiger partial charge in [0.2, 0.25) is 0 Å². The van der Waals surface area contributed by atoms with Crippen molar-refractivity contribution in [2.75, 3.05) is 13.1 Å². The van der Waals surface area contributed by atoms with Crippen molar-refractivity contribution in [1.82, 2.24) is 19.2 Å². The van der Waals surface area contributed by atoms with Crippen LogP contribution < -0.4 is 11.1 Å². The highest BCUT2D eigenvalue weighted by Crippen LogP contribution is 2.32. The van der Waals surface area contributed by atoms with Crippen LogP contribution in [0.2, 0.25) is 0 Å². The summed E-state index contributed by atoms with van der Waals surface area (Å²) in [7, 11) is 0. The van der Waals surface area contributed by atoms with Crippen molar-refractivity contribution in [1.29, 1.82) is 0 Å². The number of ether oxygens (including phenoxy) is 1. The topological polar surface area (TPSA) is 69.4 Å². The summed E-state index contributed by atoms with van der Waals surface area (Å²) in [4.78, 5) is 28.2. The van der Waals surface area contributed by atoms with Gasteiger partial charge in [0.05, 0.1) is 6.54 Å². The first-order valence-corrected chi connectivity index (χ1v) is 12.1. The first kappa shape index (κ1) is 21.6. The molecule has 3 aliphatic rings. The predicted octanol–water partition coefficient (Wildman–Crippen LogP) is 2.78. The van der Waals surface area contributed by atoms with E-state index in [0.717, 1.165) is 38.9 Å². The van der Waals surface area contributed by atoms with Gasteiger partial charge in [-0.1, -0.05) is 48.6 Å². The van der Waals surface area contributed by atoms with E-state index in [1.807, 2.05) is 0 Å². The number of aryl methyl sites for hydroxylation is 2. The Labute approximate surface area is 189 Å². The highest BCUT2D eigenvalue weighted by Gasteiger charge is 2.43. The van der Waals surface area contributed by atoms with Crippen LogP contribution in [0, 0.1) is 19.8 Å². The number of aromatic nitrogens is 3. The van der Waals surface area contributed by atoms with Crippen LogP contribution in [0.4, 0.5) is 0 Å². The van der Waals surface area contributed by atoms with E-state index in [-0.39, 0.29) is 6.61 Å². The molecule has 1 aromatic heterocycles. The summed E-state index contributed by atoms with van der Waals surface area (Å²) in [5, 5.41) is 4.56. The molecule has 1 saturated carbocycles. The van der Waals surface area contributed by atoms with Crippen molar-refractivity contribution in [3.05, 3.63) is 61.4 Å². The molecule has 1 aromatic carbocycles. The summed E-state index contributed by atoms with van der Waals surface area (Å²) in [6, 6.07) is 6.66. The molecular weight excluding hydrogens is 404 g/mol. The summed E-state index contributed by atoms with van der Waals surface area (Å²) in [5.74, 6) is 1.03. The molecule has 5 rings (SSSR count). The summed E-state index contributed by atoms with van der Waals surface area (Å²) in [6.45, 7) is 8.06. The van der Waals surface area contributed by atoms with Crippen molar-refractivity contribution in [2.45, 2.75) is 84.2 Å². The number of benzene rings is 1. The van der Waals surface area contributed by atoms with E-state index < -0.39 is 16.7 Å². The maximum atomic E-state index is 13.0. The van der Waals surface area contributed by atoms with Crippen molar-refractivity contribution in [3.8, 4) is 0 Å². The Kier molecular flexibility index (Phi) is 5.80. The van der Waals surface area contributed by atoms with Gasteiger partial charge in [-0.2, -0.15) is 5.10 Å². The molecule has 1 atom stereocenters. The summed E-state index contributed by atoms with van der Waals surface area (Å²) in [5.41, 5.74) is 2.51. The van der Waals surface area contributed by atoms with Gasteiger partial charge in [0.1, 0.15) is 12.2 Å². The molecule has 2 aromatic rings. The third-order valence-corrected chi connectivity index (χ3v) is 7.40. The van der Waals surface area contributed by atoms with Gasteiger partial charge in [0.15, 0.2) is 5.82 Å². The Morgan fingerprint density at radius 3 is 2.53 bits per heavy atom. The maximum absolute atomic E-state index is 13.0. The zero-order chi connectivity index (χ0) is 22.3. The fraction of sp³-hybridized carbons (Fsp3) is 0.640. The number of hydrogen-bond acceptors (Lipinski definition) is 5. The van der Waals surface area contributed by atoms with Crippen molar-refractivity contribution >= 4 is 0 Å². The monoisotopic (exact) mass is 438 g/mol. The van der Waals surface area contributed by atoms with Crippen LogP contribution in [-0.2, 0) is 31.0 Å². The zero-order valence-corrected chi connectivity index (χ0v) is 19.3. The van der Waals surface area contributed by atoms with Gasteiger partial charge < -0.3 is 4.74 Å². The average Bonchev–Trinajstić information content (AvgIpc) is 3.14. The molecule has 0 radical (unpaired) electrons. The Morgan fingerprint density at radius 1 is 1.03 bits per heavy atom. The Hall–Kier alpha value is -2.25. The van der Waals surface area contributed by atoms with Crippen LogP contribution in [0.25, 0.3) is 0 Å². The minimum atomic E-state index is -0.485. The summed E-state index contributed by atoms with van der Waals surface area (Å²) in [6.07, 6.45) is 6.75. The van der Waals surface area contributed by atoms with Gasteiger partial charge in [-0.05, 0) is 44.6 Å². The van der Waals surface area contributed by atoms with Crippen molar-refractivity contribution in [3.63, 3.8) is 0 Å². The van der Waals surface area contributed by atoms with Gasteiger partial charge in [0.25, 0.3) is 0 Å². The van der Waals surface area contributed by atoms with Gasteiger partial charge >= 0.3 is 11.1 Å². The van der Waals surface area contributed by atoms with Crippen LogP contribution in [0.15, 0.2) is 27.8 Å². The normalized spacial score (nSPS) is 24.2. The highest BCUT2D eigenvalue weighted by molar-refractivity contribution is 5.28. The van der Waals surface area contributed by atoms with Crippen molar-refractivity contribution in [2.24, 2.45) is 5.92 Å². The number of hydrogen-bond donors (Lipinski definition) is 0. The third kappa shape index (κ3) is 4.33. The van der Waals surface area contributed by atoms with Gasteiger partial charge in [-0.3, -0.25) is 19.1 Å².